The molecule has 0 radical (unpaired) electrons. The molecule has 0 fully saturated rings. The Morgan fingerprint density at radius 2 is 1.58 bits per heavy atom. The molecule has 4 rings (SSSR count). The molecule has 0 saturated carbocycles. The number of carboxylic acids is 1. The topological polar surface area (TPSA) is 89.0 Å². The van der Waals surface area contributed by atoms with Crippen molar-refractivity contribution in [1.29, 1.82) is 0 Å². The molecular formula is C24H16BrN2NaO3. The molecule has 0 atom stereocenters. The molecule has 0 saturated heterocycles. The Hall–Kier alpha value is -2.64. The molecule has 0 amide bonds. The number of phenols is 1. The molecule has 0 aliphatic heterocycles. The van der Waals surface area contributed by atoms with E-state index in [-0.39, 0.29) is 40.9 Å². The fourth-order valence-electron chi connectivity index (χ4n) is 3.23. The molecule has 0 spiro atoms. The predicted molar refractivity (Wildman–Crippen MR) is 117 cm³/mol. The van der Waals surface area contributed by atoms with Gasteiger partial charge in [-0.2, -0.15) is 0 Å². The van der Waals surface area contributed by atoms with Crippen LogP contribution in [0, 0.1) is 0 Å². The van der Waals surface area contributed by atoms with E-state index in [2.05, 4.69) is 20.9 Å². The molecule has 31 heavy (non-hydrogen) atoms. The van der Waals surface area contributed by atoms with Gasteiger partial charge in [0.25, 0.3) is 0 Å². The van der Waals surface area contributed by atoms with Gasteiger partial charge < -0.3 is 20.0 Å². The minimum atomic E-state index is -1.39. The van der Waals surface area contributed by atoms with Crippen LogP contribution >= 0.6 is 15.9 Å². The van der Waals surface area contributed by atoms with Gasteiger partial charge >= 0.3 is 29.6 Å². The number of rotatable bonds is 5. The third-order valence-corrected chi connectivity index (χ3v) is 5.07. The maximum absolute atomic E-state index is 11.5. The van der Waals surface area contributed by atoms with E-state index in [1.165, 1.54) is 6.07 Å². The van der Waals surface area contributed by atoms with Crippen LogP contribution in [0.15, 0.2) is 89.4 Å². The van der Waals surface area contributed by atoms with E-state index < -0.39 is 5.97 Å². The number of carboxylic acid groups (broad SMARTS) is 1. The minimum absolute atomic E-state index is 0. The van der Waals surface area contributed by atoms with E-state index in [4.69, 9.17) is 4.98 Å². The van der Waals surface area contributed by atoms with Crippen LogP contribution in [0.2, 0.25) is 0 Å². The largest absolute Gasteiger partial charge is 1.00 e. The summed E-state index contributed by atoms with van der Waals surface area (Å²) in [5.41, 5.74) is 3.74. The van der Waals surface area contributed by atoms with Crippen LogP contribution < -0.4 is 34.7 Å². The van der Waals surface area contributed by atoms with E-state index in [9.17, 15) is 15.0 Å². The number of hydrogen-bond acceptors (Lipinski definition) is 4. The Balaban J connectivity index is 0.00000272. The Morgan fingerprint density at radius 3 is 2.19 bits per heavy atom. The van der Waals surface area contributed by atoms with Crippen LogP contribution in [0.3, 0.4) is 0 Å². The number of carbonyl (C=O) groups excluding carboxylic acids is 1. The van der Waals surface area contributed by atoms with Crippen molar-refractivity contribution >= 4 is 27.5 Å². The number of nitrogens with zero attached hydrogens (tertiary/aromatic N) is 1. The van der Waals surface area contributed by atoms with Crippen LogP contribution in [0.25, 0.3) is 28.1 Å². The molecular weight excluding hydrogens is 467 g/mol. The van der Waals surface area contributed by atoms with Gasteiger partial charge in [-0.3, -0.25) is 0 Å². The van der Waals surface area contributed by atoms with Gasteiger partial charge in [-0.05, 0) is 24.3 Å². The van der Waals surface area contributed by atoms with Crippen LogP contribution in [-0.2, 0) is 4.79 Å². The number of carbonyl (C=O) groups is 1. The first-order valence-corrected chi connectivity index (χ1v) is 9.95. The first-order chi connectivity index (χ1) is 14.5. The molecule has 3 aromatic carbocycles. The number of hydrogen-bond donors (Lipinski definition) is 2. The van der Waals surface area contributed by atoms with Crippen molar-refractivity contribution in [2.45, 2.75) is 0 Å². The predicted octanol–water partition coefficient (Wildman–Crippen LogP) is 1.40. The second kappa shape index (κ2) is 10.1. The monoisotopic (exact) mass is 482 g/mol. The van der Waals surface area contributed by atoms with E-state index >= 15 is 0 Å². The Labute approximate surface area is 209 Å². The normalized spacial score (nSPS) is 11.1. The minimum Gasteiger partial charge on any atom is -0.545 e. The zero-order chi connectivity index (χ0) is 21.1. The van der Waals surface area contributed by atoms with Gasteiger partial charge in [0.1, 0.15) is 11.6 Å². The summed E-state index contributed by atoms with van der Waals surface area (Å²) in [5.74, 6) is -1.14. The summed E-state index contributed by atoms with van der Waals surface area (Å²) in [6, 6.07) is 24.1. The molecule has 7 heteroatoms. The average Bonchev–Trinajstić information content (AvgIpc) is 3.20. The molecule has 0 unspecified atom stereocenters. The van der Waals surface area contributed by atoms with Crippen molar-refractivity contribution in [2.24, 2.45) is 0 Å². The summed E-state index contributed by atoms with van der Waals surface area (Å²) < 4.78 is 0.692. The molecule has 0 aliphatic rings. The smallest absolute Gasteiger partial charge is 0.545 e. The van der Waals surface area contributed by atoms with Gasteiger partial charge in [-0.25, -0.2) is 4.98 Å². The standard InChI is InChI=1S/C24H17BrN2O3.Na/c25-17-11-12-20(28)18(13-17)19(14-21(29)30)24-26-22(15-7-3-1-4-8-15)23(27-24)16-9-5-2-6-10-16;/h1-14,28H,(H,26,27)(H,29,30);/q;+1/p-1. The number of imidazole rings is 1. The van der Waals surface area contributed by atoms with Gasteiger partial charge in [0.05, 0.1) is 17.4 Å². The zero-order valence-corrected chi connectivity index (χ0v) is 20.3. The number of aromatic hydroxyl groups is 1. The third-order valence-electron chi connectivity index (χ3n) is 4.58. The van der Waals surface area contributed by atoms with Crippen molar-refractivity contribution < 1.29 is 44.6 Å². The number of phenolic OH excluding ortho intramolecular Hbond substituents is 1. The van der Waals surface area contributed by atoms with Gasteiger partial charge in [0, 0.05) is 26.7 Å². The Morgan fingerprint density at radius 1 is 0.968 bits per heavy atom. The Bertz CT molecular complexity index is 1180. The van der Waals surface area contributed by atoms with Gasteiger partial charge in [0.15, 0.2) is 0 Å². The second-order valence-corrected chi connectivity index (χ2v) is 7.50. The van der Waals surface area contributed by atoms with E-state index in [1.807, 2.05) is 60.7 Å². The number of aromatic nitrogens is 2. The molecule has 0 bridgehead atoms. The van der Waals surface area contributed by atoms with Crippen LogP contribution in [0.1, 0.15) is 11.4 Å². The van der Waals surface area contributed by atoms with Gasteiger partial charge in [-0.1, -0.05) is 76.6 Å². The van der Waals surface area contributed by atoms with Crippen molar-refractivity contribution in [3.63, 3.8) is 0 Å². The van der Waals surface area contributed by atoms with Crippen molar-refractivity contribution in [2.75, 3.05) is 0 Å². The molecule has 5 nitrogen and oxygen atoms in total. The molecule has 148 valence electrons. The maximum Gasteiger partial charge on any atom is 1.00 e. The third kappa shape index (κ3) is 5.17. The van der Waals surface area contributed by atoms with E-state index in [1.54, 1.807) is 12.1 Å². The van der Waals surface area contributed by atoms with Crippen molar-refractivity contribution in [3.8, 4) is 28.3 Å². The second-order valence-electron chi connectivity index (χ2n) is 6.58. The first-order valence-electron chi connectivity index (χ1n) is 9.15. The number of benzene rings is 3. The first kappa shape index (κ1) is 23.0. The number of aliphatic carboxylic acids is 1. The molecule has 0 aliphatic carbocycles. The summed E-state index contributed by atoms with van der Waals surface area (Å²) in [5, 5.41) is 21.8. The van der Waals surface area contributed by atoms with Crippen LogP contribution in [-0.4, -0.2) is 21.0 Å². The summed E-state index contributed by atoms with van der Waals surface area (Å²) in [7, 11) is 0. The molecule has 1 heterocycles. The zero-order valence-electron chi connectivity index (χ0n) is 16.7. The quantitative estimate of drug-likeness (QED) is 0.332. The van der Waals surface area contributed by atoms with Crippen LogP contribution in [0.4, 0.5) is 0 Å². The van der Waals surface area contributed by atoms with Crippen molar-refractivity contribution in [1.82, 2.24) is 9.97 Å². The van der Waals surface area contributed by atoms with Crippen molar-refractivity contribution in [3.05, 3.63) is 101 Å². The maximum atomic E-state index is 11.5. The summed E-state index contributed by atoms with van der Waals surface area (Å²) in [4.78, 5) is 19.4. The molecule has 4 aromatic rings. The fraction of sp³-hybridized carbons (Fsp3) is 0. The summed E-state index contributed by atoms with van der Waals surface area (Å²) in [6.07, 6.45) is 0.934. The van der Waals surface area contributed by atoms with Crippen LogP contribution in [0.5, 0.6) is 5.75 Å². The number of nitrogens with one attached hydrogen (secondary N) is 1. The summed E-state index contributed by atoms with van der Waals surface area (Å²) in [6.45, 7) is 0. The Kier molecular flexibility index (Phi) is 7.51. The molecule has 1 aromatic heterocycles. The van der Waals surface area contributed by atoms with Gasteiger partial charge in [-0.15, -0.1) is 0 Å². The van der Waals surface area contributed by atoms with Gasteiger partial charge in [0.2, 0.25) is 0 Å². The van der Waals surface area contributed by atoms with E-state index in [0.717, 1.165) is 22.9 Å². The summed E-state index contributed by atoms with van der Waals surface area (Å²) >= 11 is 3.36. The molecule has 2 N–H and O–H groups in total. The number of aromatic amines is 1. The van der Waals surface area contributed by atoms with E-state index in [0.29, 0.717) is 21.6 Å². The number of halogens is 1. The SMILES string of the molecule is O=C([O-])C=C(c1nc(-c2ccccc2)c(-c2ccccc2)[nH]1)c1cc(Br)ccc1O.[Na+]. The number of H-pyrrole nitrogens is 1. The fourth-order valence-corrected chi connectivity index (χ4v) is 3.60. The average molecular weight is 483 g/mol.